The normalized spacial score (nSPS) is 11.7. The topological polar surface area (TPSA) is 75.3 Å². The van der Waals surface area contributed by atoms with Crippen molar-refractivity contribution in [2.75, 3.05) is 6.54 Å². The fraction of sp³-hybridized carbons (Fsp3) is 0.667. The number of carbonyl (C=O) groups excluding carboxylic acids is 3. The number of carbonyl (C=O) groups is 3. The average molecular weight is 235 g/mol. The minimum absolute atomic E-state index is 0.161. The van der Waals surface area contributed by atoms with Crippen molar-refractivity contribution in [3.05, 3.63) is 0 Å². The molecule has 86 valence electrons. The number of rotatable bonds is 6. The van der Waals surface area contributed by atoms with Gasteiger partial charge in [-0.3, -0.25) is 14.4 Å². The SMILES string of the molecule is CCNC(=O)CCC(NC(C)=O)C(=O)Cl. The molecule has 2 amide bonds. The molecule has 0 aliphatic carbocycles. The van der Waals surface area contributed by atoms with Gasteiger partial charge in [-0.05, 0) is 24.9 Å². The molecule has 0 rings (SSSR count). The van der Waals surface area contributed by atoms with E-state index in [0.29, 0.717) is 6.54 Å². The Balaban J connectivity index is 4.01. The van der Waals surface area contributed by atoms with Gasteiger partial charge in [-0.1, -0.05) is 0 Å². The molecule has 6 heteroatoms. The van der Waals surface area contributed by atoms with Gasteiger partial charge in [0, 0.05) is 19.9 Å². The number of hydrogen-bond donors (Lipinski definition) is 2. The molecule has 0 radical (unpaired) electrons. The largest absolute Gasteiger partial charge is 0.356 e. The lowest BCUT2D eigenvalue weighted by molar-refractivity contribution is -0.124. The fourth-order valence-corrected chi connectivity index (χ4v) is 1.21. The van der Waals surface area contributed by atoms with Crippen molar-refractivity contribution in [2.45, 2.75) is 32.7 Å². The Morgan fingerprint density at radius 1 is 1.33 bits per heavy atom. The highest BCUT2D eigenvalue weighted by molar-refractivity contribution is 6.64. The zero-order valence-electron chi connectivity index (χ0n) is 8.80. The molecule has 1 unspecified atom stereocenters. The second kappa shape index (κ2) is 7.23. The highest BCUT2D eigenvalue weighted by Crippen LogP contribution is 2.01. The number of hydrogen-bond acceptors (Lipinski definition) is 3. The Labute approximate surface area is 93.5 Å². The molecule has 0 aliphatic rings. The minimum atomic E-state index is -0.785. The molecule has 1 atom stereocenters. The van der Waals surface area contributed by atoms with E-state index >= 15 is 0 Å². The Morgan fingerprint density at radius 2 is 1.93 bits per heavy atom. The van der Waals surface area contributed by atoms with Gasteiger partial charge in [0.2, 0.25) is 17.1 Å². The maximum atomic E-state index is 11.1. The summed E-state index contributed by atoms with van der Waals surface area (Å²) in [6.45, 7) is 3.63. The first kappa shape index (κ1) is 13.9. The van der Waals surface area contributed by atoms with E-state index in [1.807, 2.05) is 0 Å². The number of nitrogens with one attached hydrogen (secondary N) is 2. The van der Waals surface area contributed by atoms with E-state index in [9.17, 15) is 14.4 Å². The summed E-state index contributed by atoms with van der Waals surface area (Å²) in [6.07, 6.45) is 0.380. The van der Waals surface area contributed by atoms with Crippen LogP contribution < -0.4 is 10.6 Å². The molecule has 2 N–H and O–H groups in total. The first-order valence-corrected chi connectivity index (χ1v) is 5.08. The molecular formula is C9H15ClN2O3. The smallest absolute Gasteiger partial charge is 0.244 e. The summed E-state index contributed by atoms with van der Waals surface area (Å²) in [5, 5.41) is 4.31. The van der Waals surface area contributed by atoms with Gasteiger partial charge in [-0.15, -0.1) is 0 Å². The van der Waals surface area contributed by atoms with E-state index < -0.39 is 11.3 Å². The third-order valence-corrected chi connectivity index (χ3v) is 1.95. The number of halogens is 1. The van der Waals surface area contributed by atoms with Crippen LogP contribution in [0.2, 0.25) is 0 Å². The van der Waals surface area contributed by atoms with E-state index in [4.69, 9.17) is 11.6 Å². The van der Waals surface area contributed by atoms with E-state index in [1.54, 1.807) is 6.92 Å². The average Bonchev–Trinajstić information content (AvgIpc) is 2.11. The van der Waals surface area contributed by atoms with Gasteiger partial charge in [0.1, 0.15) is 6.04 Å². The molecule has 0 saturated carbocycles. The predicted molar refractivity (Wildman–Crippen MR) is 56.4 cm³/mol. The van der Waals surface area contributed by atoms with Gasteiger partial charge in [0.25, 0.3) is 0 Å². The van der Waals surface area contributed by atoms with Crippen molar-refractivity contribution in [2.24, 2.45) is 0 Å². The van der Waals surface area contributed by atoms with Crippen LogP contribution in [0, 0.1) is 0 Å². The van der Waals surface area contributed by atoms with Gasteiger partial charge in [0.05, 0.1) is 0 Å². The Kier molecular flexibility index (Phi) is 6.70. The molecule has 5 nitrogen and oxygen atoms in total. The van der Waals surface area contributed by atoms with Crippen LogP contribution in [-0.4, -0.2) is 29.6 Å². The van der Waals surface area contributed by atoms with Crippen molar-refractivity contribution >= 4 is 28.7 Å². The molecule has 0 bridgehead atoms. The van der Waals surface area contributed by atoms with Gasteiger partial charge in [0.15, 0.2) is 0 Å². The second-order valence-electron chi connectivity index (χ2n) is 3.05. The highest BCUT2D eigenvalue weighted by atomic mass is 35.5. The van der Waals surface area contributed by atoms with Gasteiger partial charge >= 0.3 is 0 Å². The van der Waals surface area contributed by atoms with Crippen molar-refractivity contribution in [1.29, 1.82) is 0 Å². The molecule has 0 aromatic carbocycles. The fourth-order valence-electron chi connectivity index (χ4n) is 1.05. The van der Waals surface area contributed by atoms with Gasteiger partial charge in [-0.2, -0.15) is 0 Å². The standard InChI is InChI=1S/C9H15ClN2O3/c1-3-11-8(14)5-4-7(9(10)15)12-6(2)13/h7H,3-5H2,1-2H3,(H,11,14)(H,12,13). The van der Waals surface area contributed by atoms with Gasteiger partial charge in [-0.25, -0.2) is 0 Å². The van der Waals surface area contributed by atoms with Crippen LogP contribution in [0.4, 0.5) is 0 Å². The Hall–Kier alpha value is -1.10. The molecule has 0 saturated heterocycles. The van der Waals surface area contributed by atoms with Crippen LogP contribution in [-0.2, 0) is 14.4 Å². The van der Waals surface area contributed by atoms with Crippen LogP contribution >= 0.6 is 11.6 Å². The summed E-state index contributed by atoms with van der Waals surface area (Å²) in [7, 11) is 0. The molecule has 0 heterocycles. The molecule has 0 fully saturated rings. The predicted octanol–water partition coefficient (Wildman–Crippen LogP) is 0.173. The van der Waals surface area contributed by atoms with Crippen molar-refractivity contribution < 1.29 is 14.4 Å². The molecular weight excluding hydrogens is 220 g/mol. The zero-order valence-corrected chi connectivity index (χ0v) is 9.56. The van der Waals surface area contributed by atoms with E-state index in [2.05, 4.69) is 10.6 Å². The maximum Gasteiger partial charge on any atom is 0.244 e. The lowest BCUT2D eigenvalue weighted by atomic mass is 10.1. The summed E-state index contributed by atoms with van der Waals surface area (Å²) >= 11 is 5.26. The summed E-state index contributed by atoms with van der Waals surface area (Å²) in [5.41, 5.74) is 0. The third kappa shape index (κ3) is 6.90. The summed E-state index contributed by atoms with van der Waals surface area (Å²) in [4.78, 5) is 32.7. The lowest BCUT2D eigenvalue weighted by Crippen LogP contribution is -2.38. The Morgan fingerprint density at radius 3 is 2.33 bits per heavy atom. The summed E-state index contributed by atoms with van der Waals surface area (Å²) < 4.78 is 0. The quantitative estimate of drug-likeness (QED) is 0.644. The first-order chi connectivity index (χ1) is 6.97. The van der Waals surface area contributed by atoms with E-state index in [1.165, 1.54) is 6.92 Å². The summed E-state index contributed by atoms with van der Waals surface area (Å²) in [6, 6.07) is -0.785. The van der Waals surface area contributed by atoms with Crippen LogP contribution in [0.15, 0.2) is 0 Å². The van der Waals surface area contributed by atoms with Crippen LogP contribution in [0.25, 0.3) is 0 Å². The van der Waals surface area contributed by atoms with Crippen LogP contribution in [0.1, 0.15) is 26.7 Å². The van der Waals surface area contributed by atoms with Crippen molar-refractivity contribution in [1.82, 2.24) is 10.6 Å². The van der Waals surface area contributed by atoms with Crippen molar-refractivity contribution in [3.63, 3.8) is 0 Å². The molecule has 0 aromatic rings. The molecule has 0 spiro atoms. The minimum Gasteiger partial charge on any atom is -0.356 e. The lowest BCUT2D eigenvalue weighted by Gasteiger charge is -2.12. The molecule has 0 aliphatic heterocycles. The van der Waals surface area contributed by atoms with E-state index in [-0.39, 0.29) is 24.7 Å². The molecule has 15 heavy (non-hydrogen) atoms. The maximum absolute atomic E-state index is 11.1. The number of amides is 2. The van der Waals surface area contributed by atoms with E-state index in [0.717, 1.165) is 0 Å². The summed E-state index contributed by atoms with van der Waals surface area (Å²) in [5.74, 6) is -0.504. The first-order valence-electron chi connectivity index (χ1n) is 4.70. The monoisotopic (exact) mass is 234 g/mol. The highest BCUT2D eigenvalue weighted by Gasteiger charge is 2.18. The third-order valence-electron chi connectivity index (χ3n) is 1.69. The van der Waals surface area contributed by atoms with Crippen LogP contribution in [0.3, 0.4) is 0 Å². The molecule has 0 aromatic heterocycles. The van der Waals surface area contributed by atoms with Gasteiger partial charge < -0.3 is 10.6 Å². The van der Waals surface area contributed by atoms with Crippen molar-refractivity contribution in [3.8, 4) is 0 Å². The Bertz CT molecular complexity index is 256. The zero-order chi connectivity index (χ0) is 11.8. The van der Waals surface area contributed by atoms with Crippen LogP contribution in [0.5, 0.6) is 0 Å². The second-order valence-corrected chi connectivity index (χ2v) is 3.42.